The topological polar surface area (TPSA) is 60.8 Å². The van der Waals surface area contributed by atoms with E-state index in [4.69, 9.17) is 5.11 Å². The first kappa shape index (κ1) is 10.9. The van der Waals surface area contributed by atoms with Crippen LogP contribution in [0.5, 0.6) is 0 Å². The van der Waals surface area contributed by atoms with Crippen molar-refractivity contribution in [3.05, 3.63) is 0 Å². The highest BCUT2D eigenvalue weighted by molar-refractivity contribution is 5.66. The molecule has 2 bridgehead atoms. The number of carboxylic acids is 1. The van der Waals surface area contributed by atoms with Crippen LogP contribution in [0.4, 0.5) is 0 Å². The highest BCUT2D eigenvalue weighted by Gasteiger charge is 2.39. The lowest BCUT2D eigenvalue weighted by atomic mass is 9.99. The number of hydrogen-bond donors (Lipinski definition) is 2. The maximum Gasteiger partial charge on any atom is 0.303 e. The average Bonchev–Trinajstić information content (AvgIpc) is 2.42. The van der Waals surface area contributed by atoms with Gasteiger partial charge in [-0.05, 0) is 38.6 Å². The van der Waals surface area contributed by atoms with Crippen LogP contribution < -0.4 is 0 Å². The highest BCUT2D eigenvalue weighted by atomic mass is 16.4. The van der Waals surface area contributed by atoms with E-state index in [-0.39, 0.29) is 12.5 Å². The maximum absolute atomic E-state index is 10.4. The molecule has 2 aliphatic rings. The molecule has 0 radical (unpaired) electrons. The number of carboxylic acid groups (broad SMARTS) is 1. The first-order chi connectivity index (χ1) is 7.16. The van der Waals surface area contributed by atoms with Gasteiger partial charge in [-0.15, -0.1) is 0 Å². The second-order valence-corrected chi connectivity index (χ2v) is 4.75. The molecule has 15 heavy (non-hydrogen) atoms. The SMILES string of the molecule is O=C(O)CCCN1C2CCC1CC(O)C2. The predicted molar refractivity (Wildman–Crippen MR) is 55.6 cm³/mol. The Bertz CT molecular complexity index is 230. The Morgan fingerprint density at radius 1 is 1.27 bits per heavy atom. The predicted octanol–water partition coefficient (Wildman–Crippen LogP) is 0.839. The minimum atomic E-state index is -0.709. The van der Waals surface area contributed by atoms with Crippen molar-refractivity contribution in [2.45, 2.75) is 56.7 Å². The Labute approximate surface area is 89.9 Å². The van der Waals surface area contributed by atoms with Crippen molar-refractivity contribution >= 4 is 5.97 Å². The molecule has 0 aromatic rings. The van der Waals surface area contributed by atoms with E-state index in [0.29, 0.717) is 12.1 Å². The molecule has 86 valence electrons. The molecule has 2 unspecified atom stereocenters. The molecule has 2 aliphatic heterocycles. The third-order valence-corrected chi connectivity index (χ3v) is 3.67. The van der Waals surface area contributed by atoms with Gasteiger partial charge < -0.3 is 10.2 Å². The average molecular weight is 213 g/mol. The van der Waals surface area contributed by atoms with E-state index in [9.17, 15) is 9.90 Å². The first-order valence-electron chi connectivity index (χ1n) is 5.82. The molecule has 2 fully saturated rings. The zero-order valence-corrected chi connectivity index (χ0v) is 8.93. The molecule has 2 saturated heterocycles. The molecule has 0 aliphatic carbocycles. The second-order valence-electron chi connectivity index (χ2n) is 4.75. The smallest absolute Gasteiger partial charge is 0.303 e. The zero-order chi connectivity index (χ0) is 10.8. The van der Waals surface area contributed by atoms with Gasteiger partial charge in [-0.1, -0.05) is 0 Å². The van der Waals surface area contributed by atoms with Crippen LogP contribution >= 0.6 is 0 Å². The molecule has 4 heteroatoms. The molecule has 0 amide bonds. The van der Waals surface area contributed by atoms with Gasteiger partial charge in [0.15, 0.2) is 0 Å². The fraction of sp³-hybridized carbons (Fsp3) is 0.909. The summed E-state index contributed by atoms with van der Waals surface area (Å²) >= 11 is 0. The van der Waals surface area contributed by atoms with Crippen molar-refractivity contribution < 1.29 is 15.0 Å². The Hall–Kier alpha value is -0.610. The summed E-state index contributed by atoms with van der Waals surface area (Å²) in [5, 5.41) is 18.2. The monoisotopic (exact) mass is 213 g/mol. The van der Waals surface area contributed by atoms with Crippen LogP contribution in [0.2, 0.25) is 0 Å². The second kappa shape index (κ2) is 4.49. The van der Waals surface area contributed by atoms with Gasteiger partial charge in [0.2, 0.25) is 0 Å². The number of aliphatic hydroxyl groups excluding tert-OH is 1. The van der Waals surface area contributed by atoms with Crippen molar-refractivity contribution in [2.24, 2.45) is 0 Å². The van der Waals surface area contributed by atoms with Gasteiger partial charge >= 0.3 is 5.97 Å². The maximum atomic E-state index is 10.4. The summed E-state index contributed by atoms with van der Waals surface area (Å²) in [7, 11) is 0. The Morgan fingerprint density at radius 3 is 2.40 bits per heavy atom. The summed E-state index contributed by atoms with van der Waals surface area (Å²) < 4.78 is 0. The minimum Gasteiger partial charge on any atom is -0.481 e. The standard InChI is InChI=1S/C11H19NO3/c13-10-6-8-3-4-9(7-10)12(8)5-1-2-11(14)15/h8-10,13H,1-7H2,(H,14,15). The minimum absolute atomic E-state index is 0.127. The molecule has 0 aromatic heterocycles. The molecule has 0 aromatic carbocycles. The molecule has 2 heterocycles. The quantitative estimate of drug-likeness (QED) is 0.726. The van der Waals surface area contributed by atoms with E-state index >= 15 is 0 Å². The van der Waals surface area contributed by atoms with E-state index in [2.05, 4.69) is 4.90 Å². The van der Waals surface area contributed by atoms with Gasteiger partial charge in [-0.2, -0.15) is 0 Å². The number of nitrogens with zero attached hydrogens (tertiary/aromatic N) is 1. The number of hydrogen-bond acceptors (Lipinski definition) is 3. The Balaban J connectivity index is 1.81. The summed E-state index contributed by atoms with van der Waals surface area (Å²) in [4.78, 5) is 12.8. The van der Waals surface area contributed by atoms with Crippen molar-refractivity contribution in [1.29, 1.82) is 0 Å². The number of carbonyl (C=O) groups is 1. The summed E-state index contributed by atoms with van der Waals surface area (Å²) in [6, 6.07) is 1.01. The Morgan fingerprint density at radius 2 is 1.87 bits per heavy atom. The zero-order valence-electron chi connectivity index (χ0n) is 8.93. The first-order valence-corrected chi connectivity index (χ1v) is 5.82. The van der Waals surface area contributed by atoms with E-state index in [1.165, 1.54) is 12.8 Å². The van der Waals surface area contributed by atoms with Gasteiger partial charge in [0.25, 0.3) is 0 Å². The van der Waals surface area contributed by atoms with Crippen LogP contribution in [0.25, 0.3) is 0 Å². The lowest BCUT2D eigenvalue weighted by Gasteiger charge is -2.37. The Kier molecular flexibility index (Phi) is 3.26. The van der Waals surface area contributed by atoms with Crippen LogP contribution in [0, 0.1) is 0 Å². The number of fused-ring (bicyclic) bond motifs is 2. The largest absolute Gasteiger partial charge is 0.481 e. The number of aliphatic carboxylic acids is 1. The number of rotatable bonds is 4. The summed E-state index contributed by atoms with van der Waals surface area (Å²) in [5.74, 6) is -0.709. The van der Waals surface area contributed by atoms with Crippen molar-refractivity contribution in [3.63, 3.8) is 0 Å². The molecule has 0 saturated carbocycles. The summed E-state index contributed by atoms with van der Waals surface area (Å²) in [6.07, 6.45) is 4.98. The van der Waals surface area contributed by atoms with Crippen LogP contribution in [-0.2, 0) is 4.79 Å². The number of piperidine rings is 1. The van der Waals surface area contributed by atoms with Crippen molar-refractivity contribution in [2.75, 3.05) is 6.54 Å². The molecule has 0 spiro atoms. The van der Waals surface area contributed by atoms with Gasteiger partial charge in [0.1, 0.15) is 0 Å². The van der Waals surface area contributed by atoms with E-state index in [1.54, 1.807) is 0 Å². The molecular weight excluding hydrogens is 194 g/mol. The van der Waals surface area contributed by atoms with E-state index in [0.717, 1.165) is 25.8 Å². The molecular formula is C11H19NO3. The van der Waals surface area contributed by atoms with Crippen LogP contribution in [0.15, 0.2) is 0 Å². The van der Waals surface area contributed by atoms with E-state index in [1.807, 2.05) is 0 Å². The van der Waals surface area contributed by atoms with Crippen LogP contribution in [0.3, 0.4) is 0 Å². The van der Waals surface area contributed by atoms with Gasteiger partial charge in [0.05, 0.1) is 6.10 Å². The number of aliphatic hydroxyl groups is 1. The molecule has 2 atom stereocenters. The summed E-state index contributed by atoms with van der Waals surface area (Å²) in [6.45, 7) is 0.883. The molecule has 2 N–H and O–H groups in total. The lowest BCUT2D eigenvalue weighted by Crippen LogP contribution is -2.45. The van der Waals surface area contributed by atoms with E-state index < -0.39 is 5.97 Å². The lowest BCUT2D eigenvalue weighted by molar-refractivity contribution is -0.137. The van der Waals surface area contributed by atoms with Crippen LogP contribution in [0.1, 0.15) is 38.5 Å². The fourth-order valence-corrected chi connectivity index (χ4v) is 3.02. The van der Waals surface area contributed by atoms with Gasteiger partial charge in [0, 0.05) is 18.5 Å². The molecule has 2 rings (SSSR count). The third-order valence-electron chi connectivity index (χ3n) is 3.67. The summed E-state index contributed by atoms with van der Waals surface area (Å²) in [5.41, 5.74) is 0. The third kappa shape index (κ3) is 2.49. The van der Waals surface area contributed by atoms with Gasteiger partial charge in [-0.25, -0.2) is 0 Å². The fourth-order valence-electron chi connectivity index (χ4n) is 3.02. The normalized spacial score (nSPS) is 35.7. The highest BCUT2D eigenvalue weighted by Crippen LogP contribution is 2.35. The van der Waals surface area contributed by atoms with Crippen LogP contribution in [-0.4, -0.2) is 45.8 Å². The van der Waals surface area contributed by atoms with Gasteiger partial charge in [-0.3, -0.25) is 9.69 Å². The van der Waals surface area contributed by atoms with Crippen molar-refractivity contribution in [3.8, 4) is 0 Å². The van der Waals surface area contributed by atoms with Crippen molar-refractivity contribution in [1.82, 2.24) is 4.90 Å². The molecule has 4 nitrogen and oxygen atoms in total.